The van der Waals surface area contributed by atoms with Crippen molar-refractivity contribution in [1.82, 2.24) is 0 Å². The first-order chi connectivity index (χ1) is 15.1. The molecule has 31 heavy (non-hydrogen) atoms. The molecule has 0 heterocycles. The first kappa shape index (κ1) is 21.3. The molecule has 156 valence electrons. The van der Waals surface area contributed by atoms with Crippen LogP contribution in [0.1, 0.15) is 22.3 Å². The number of nitro benzene ring substituents is 1. The third-order valence-electron chi connectivity index (χ3n) is 4.36. The number of rotatable bonds is 9. The van der Waals surface area contributed by atoms with Crippen molar-refractivity contribution < 1.29 is 19.2 Å². The number of oxime groups is 1. The van der Waals surface area contributed by atoms with E-state index in [1.165, 1.54) is 25.5 Å². The summed E-state index contributed by atoms with van der Waals surface area (Å²) in [6, 6.07) is 20.7. The van der Waals surface area contributed by atoms with Gasteiger partial charge in [0.25, 0.3) is 5.69 Å². The standard InChI is InChI=1S/C23H19N3O5/c1-29-23-12-18(14-25-31-16-20-5-3-2-4-19(20)13-24)8-11-22(23)30-15-17-6-9-21(10-7-17)26(27)28/h2-12,14H,15-16H2,1H3/b25-14-. The summed E-state index contributed by atoms with van der Waals surface area (Å²) in [5.41, 5.74) is 2.88. The summed E-state index contributed by atoms with van der Waals surface area (Å²) >= 11 is 0. The third-order valence-corrected chi connectivity index (χ3v) is 4.36. The molecule has 0 radical (unpaired) electrons. The van der Waals surface area contributed by atoms with Crippen LogP contribution in [0.25, 0.3) is 0 Å². The van der Waals surface area contributed by atoms with Crippen molar-refractivity contribution >= 4 is 11.9 Å². The fraction of sp³-hybridized carbons (Fsp3) is 0.130. The molecule has 0 amide bonds. The van der Waals surface area contributed by atoms with Crippen LogP contribution in [-0.2, 0) is 18.1 Å². The summed E-state index contributed by atoms with van der Waals surface area (Å²) in [4.78, 5) is 15.6. The summed E-state index contributed by atoms with van der Waals surface area (Å²) in [5, 5.41) is 23.8. The average molecular weight is 417 g/mol. The number of nitrogens with zero attached hydrogens (tertiary/aromatic N) is 3. The largest absolute Gasteiger partial charge is 0.493 e. The maximum absolute atomic E-state index is 10.7. The molecule has 0 unspecified atom stereocenters. The highest BCUT2D eigenvalue weighted by Crippen LogP contribution is 2.28. The van der Waals surface area contributed by atoms with Crippen LogP contribution in [0.3, 0.4) is 0 Å². The van der Waals surface area contributed by atoms with Gasteiger partial charge in [-0.05, 0) is 42.0 Å². The summed E-state index contributed by atoms with van der Waals surface area (Å²) < 4.78 is 11.2. The smallest absolute Gasteiger partial charge is 0.269 e. The number of hydrogen-bond acceptors (Lipinski definition) is 7. The van der Waals surface area contributed by atoms with Gasteiger partial charge in [0.05, 0.1) is 29.9 Å². The van der Waals surface area contributed by atoms with Crippen molar-refractivity contribution in [1.29, 1.82) is 5.26 Å². The fourth-order valence-electron chi connectivity index (χ4n) is 2.72. The van der Waals surface area contributed by atoms with Gasteiger partial charge in [-0.2, -0.15) is 5.26 Å². The molecule has 0 atom stereocenters. The van der Waals surface area contributed by atoms with Crippen LogP contribution >= 0.6 is 0 Å². The Morgan fingerprint density at radius 2 is 1.84 bits per heavy atom. The van der Waals surface area contributed by atoms with Crippen LogP contribution in [0.15, 0.2) is 71.9 Å². The monoisotopic (exact) mass is 417 g/mol. The Balaban J connectivity index is 1.59. The van der Waals surface area contributed by atoms with E-state index in [0.29, 0.717) is 17.1 Å². The zero-order chi connectivity index (χ0) is 22.1. The van der Waals surface area contributed by atoms with E-state index in [0.717, 1.165) is 16.7 Å². The minimum atomic E-state index is -0.444. The Hall–Kier alpha value is -4.38. The summed E-state index contributed by atoms with van der Waals surface area (Å²) in [7, 11) is 1.53. The predicted octanol–water partition coefficient (Wildman–Crippen LogP) is 4.60. The summed E-state index contributed by atoms with van der Waals surface area (Å²) in [6.45, 7) is 0.428. The van der Waals surface area contributed by atoms with Crippen molar-refractivity contribution in [3.8, 4) is 17.6 Å². The molecule has 3 rings (SSSR count). The molecule has 0 spiro atoms. The molecule has 3 aromatic carbocycles. The number of non-ortho nitro benzene ring substituents is 1. The van der Waals surface area contributed by atoms with E-state index >= 15 is 0 Å². The quantitative estimate of drug-likeness (QED) is 0.286. The van der Waals surface area contributed by atoms with Gasteiger partial charge in [-0.3, -0.25) is 10.1 Å². The van der Waals surface area contributed by atoms with Gasteiger partial charge in [-0.15, -0.1) is 0 Å². The highest BCUT2D eigenvalue weighted by atomic mass is 16.6. The van der Waals surface area contributed by atoms with Crippen LogP contribution in [0.5, 0.6) is 11.5 Å². The lowest BCUT2D eigenvalue weighted by Crippen LogP contribution is -1.99. The second-order valence-corrected chi connectivity index (χ2v) is 6.40. The molecule has 0 saturated carbocycles. The van der Waals surface area contributed by atoms with E-state index in [2.05, 4.69) is 11.2 Å². The number of benzene rings is 3. The number of ether oxygens (including phenoxy) is 2. The highest BCUT2D eigenvalue weighted by Gasteiger charge is 2.08. The predicted molar refractivity (Wildman–Crippen MR) is 114 cm³/mol. The molecule has 0 saturated heterocycles. The molecule has 3 aromatic rings. The van der Waals surface area contributed by atoms with Crippen molar-refractivity contribution in [3.63, 3.8) is 0 Å². The van der Waals surface area contributed by atoms with Crippen molar-refractivity contribution in [2.45, 2.75) is 13.2 Å². The van der Waals surface area contributed by atoms with Crippen LogP contribution < -0.4 is 9.47 Å². The maximum atomic E-state index is 10.7. The molecule has 0 bridgehead atoms. The van der Waals surface area contributed by atoms with Crippen molar-refractivity contribution in [2.24, 2.45) is 5.16 Å². The SMILES string of the molecule is COc1cc(/C=N\OCc2ccccc2C#N)ccc1OCc1ccc([N+](=O)[O-])cc1. The third kappa shape index (κ3) is 5.81. The maximum Gasteiger partial charge on any atom is 0.269 e. The van der Waals surface area contributed by atoms with Gasteiger partial charge < -0.3 is 14.3 Å². The molecule has 8 nitrogen and oxygen atoms in total. The Morgan fingerprint density at radius 3 is 2.55 bits per heavy atom. The minimum Gasteiger partial charge on any atom is -0.493 e. The molecule has 0 aliphatic rings. The molecule has 0 aliphatic carbocycles. The van der Waals surface area contributed by atoms with Crippen LogP contribution in [0.4, 0.5) is 5.69 Å². The number of methoxy groups -OCH3 is 1. The van der Waals surface area contributed by atoms with E-state index in [-0.39, 0.29) is 18.9 Å². The lowest BCUT2D eigenvalue weighted by Gasteiger charge is -2.11. The molecule has 0 N–H and O–H groups in total. The van der Waals surface area contributed by atoms with Crippen LogP contribution in [0, 0.1) is 21.4 Å². The topological polar surface area (TPSA) is 107 Å². The second-order valence-electron chi connectivity index (χ2n) is 6.40. The minimum absolute atomic E-state index is 0.0308. The van der Waals surface area contributed by atoms with E-state index in [4.69, 9.17) is 19.6 Å². The van der Waals surface area contributed by atoms with Crippen molar-refractivity contribution in [3.05, 3.63) is 99.1 Å². The Bertz CT molecular complexity index is 1120. The molecular weight excluding hydrogens is 398 g/mol. The molecule has 8 heteroatoms. The zero-order valence-corrected chi connectivity index (χ0v) is 16.7. The Kier molecular flexibility index (Phi) is 7.16. The van der Waals surface area contributed by atoms with E-state index in [9.17, 15) is 10.1 Å². The summed E-state index contributed by atoms with van der Waals surface area (Å²) in [5.74, 6) is 1.04. The molecular formula is C23H19N3O5. The Labute approximate surface area is 179 Å². The van der Waals surface area contributed by atoms with Crippen molar-refractivity contribution in [2.75, 3.05) is 7.11 Å². The van der Waals surface area contributed by atoms with Gasteiger partial charge in [0.1, 0.15) is 13.2 Å². The van der Waals surface area contributed by atoms with Crippen LogP contribution in [-0.4, -0.2) is 18.2 Å². The number of hydrogen-bond donors (Lipinski definition) is 0. The van der Waals surface area contributed by atoms with Gasteiger partial charge >= 0.3 is 0 Å². The lowest BCUT2D eigenvalue weighted by atomic mass is 10.1. The zero-order valence-electron chi connectivity index (χ0n) is 16.7. The number of nitro groups is 1. The lowest BCUT2D eigenvalue weighted by molar-refractivity contribution is -0.384. The number of nitriles is 1. The molecule has 0 fully saturated rings. The van der Waals surface area contributed by atoms with Gasteiger partial charge in [-0.1, -0.05) is 23.4 Å². The Morgan fingerprint density at radius 1 is 1.06 bits per heavy atom. The average Bonchev–Trinajstić information content (AvgIpc) is 2.81. The molecule has 0 aliphatic heterocycles. The first-order valence-electron chi connectivity index (χ1n) is 9.28. The highest BCUT2D eigenvalue weighted by molar-refractivity contribution is 5.80. The van der Waals surface area contributed by atoms with E-state index in [1.807, 2.05) is 12.1 Å². The normalized spacial score (nSPS) is 10.5. The molecule has 0 aromatic heterocycles. The van der Waals surface area contributed by atoms with E-state index < -0.39 is 4.92 Å². The fourth-order valence-corrected chi connectivity index (χ4v) is 2.72. The first-order valence-corrected chi connectivity index (χ1v) is 9.28. The van der Waals surface area contributed by atoms with Gasteiger partial charge in [-0.25, -0.2) is 0 Å². The van der Waals surface area contributed by atoms with Gasteiger partial charge in [0, 0.05) is 23.3 Å². The van der Waals surface area contributed by atoms with Gasteiger partial charge in [0.15, 0.2) is 11.5 Å². The second kappa shape index (κ2) is 10.4. The van der Waals surface area contributed by atoms with Crippen LogP contribution in [0.2, 0.25) is 0 Å². The van der Waals surface area contributed by atoms with Gasteiger partial charge in [0.2, 0.25) is 0 Å². The summed E-state index contributed by atoms with van der Waals surface area (Å²) in [6.07, 6.45) is 1.54. The van der Waals surface area contributed by atoms with E-state index in [1.54, 1.807) is 42.5 Å².